The summed E-state index contributed by atoms with van der Waals surface area (Å²) in [5.74, 6) is 1.52. The summed E-state index contributed by atoms with van der Waals surface area (Å²) in [5, 5.41) is 13.4. The van der Waals surface area contributed by atoms with Gasteiger partial charge in [0.25, 0.3) is 0 Å². The molecule has 134 valence electrons. The summed E-state index contributed by atoms with van der Waals surface area (Å²) in [6.45, 7) is 6.32. The van der Waals surface area contributed by atoms with Crippen LogP contribution < -0.4 is 5.32 Å². The predicted molar refractivity (Wildman–Crippen MR) is 91.1 cm³/mol. The van der Waals surface area contributed by atoms with Gasteiger partial charge >= 0.3 is 0 Å². The fourth-order valence-electron chi connectivity index (χ4n) is 7.17. The van der Waals surface area contributed by atoms with E-state index in [1.807, 2.05) is 0 Å². The summed E-state index contributed by atoms with van der Waals surface area (Å²) < 4.78 is 0. The highest BCUT2D eigenvalue weighted by Crippen LogP contribution is 2.63. The van der Waals surface area contributed by atoms with Crippen LogP contribution in [0.25, 0.3) is 0 Å². The number of fused-ring (bicyclic) bond motifs is 5. The predicted octanol–water partition coefficient (Wildman–Crippen LogP) is 2.68. The van der Waals surface area contributed by atoms with Crippen LogP contribution in [0.3, 0.4) is 0 Å². The van der Waals surface area contributed by atoms with Crippen molar-refractivity contribution in [2.75, 3.05) is 0 Å². The third kappa shape index (κ3) is 2.07. The van der Waals surface area contributed by atoms with Gasteiger partial charge in [0.1, 0.15) is 5.78 Å². The number of hydrogen-bond donors (Lipinski definition) is 2. The van der Waals surface area contributed by atoms with Gasteiger partial charge in [0.05, 0.1) is 6.10 Å². The summed E-state index contributed by atoms with van der Waals surface area (Å²) in [6.07, 6.45) is 6.31. The third-order valence-corrected chi connectivity index (χ3v) is 8.55. The maximum Gasteiger partial charge on any atom is 0.224 e. The van der Waals surface area contributed by atoms with Crippen molar-refractivity contribution in [3.8, 4) is 0 Å². The zero-order valence-electron chi connectivity index (χ0n) is 15.2. The van der Waals surface area contributed by atoms with Gasteiger partial charge in [-0.25, -0.2) is 0 Å². The number of amides is 1. The molecule has 0 aromatic carbocycles. The smallest absolute Gasteiger partial charge is 0.224 e. The molecule has 24 heavy (non-hydrogen) atoms. The fraction of sp³-hybridized carbons (Fsp3) is 0.900. The Morgan fingerprint density at radius 3 is 2.46 bits per heavy atom. The lowest BCUT2D eigenvalue weighted by Gasteiger charge is -2.60. The molecular weight excluding hydrogens is 302 g/mol. The van der Waals surface area contributed by atoms with Gasteiger partial charge in [0.15, 0.2) is 0 Å². The van der Waals surface area contributed by atoms with Crippen molar-refractivity contribution < 1.29 is 14.7 Å². The number of piperidine rings is 1. The highest BCUT2D eigenvalue weighted by atomic mass is 16.3. The van der Waals surface area contributed by atoms with E-state index in [0.29, 0.717) is 24.0 Å². The Morgan fingerprint density at radius 2 is 1.75 bits per heavy atom. The summed E-state index contributed by atoms with van der Waals surface area (Å²) in [5.41, 5.74) is 0.0690. The second kappa shape index (κ2) is 5.30. The van der Waals surface area contributed by atoms with Crippen molar-refractivity contribution in [3.63, 3.8) is 0 Å². The summed E-state index contributed by atoms with van der Waals surface area (Å²) in [4.78, 5) is 25.0. The molecule has 1 amide bonds. The van der Waals surface area contributed by atoms with Crippen LogP contribution >= 0.6 is 0 Å². The third-order valence-electron chi connectivity index (χ3n) is 8.55. The quantitative estimate of drug-likeness (QED) is 0.775. The molecule has 4 nitrogen and oxygen atoms in total. The van der Waals surface area contributed by atoms with Gasteiger partial charge in [0.2, 0.25) is 5.91 Å². The van der Waals surface area contributed by atoms with Crippen molar-refractivity contribution in [2.24, 2.45) is 34.5 Å². The largest absolute Gasteiger partial charge is 0.393 e. The van der Waals surface area contributed by atoms with Crippen LogP contribution in [0.4, 0.5) is 0 Å². The molecule has 2 N–H and O–H groups in total. The molecule has 4 heteroatoms. The van der Waals surface area contributed by atoms with Crippen LogP contribution in [0, 0.1) is 34.5 Å². The summed E-state index contributed by atoms with van der Waals surface area (Å²) in [6, 6.07) is 0.220. The first-order valence-electron chi connectivity index (χ1n) is 9.76. The van der Waals surface area contributed by atoms with Gasteiger partial charge < -0.3 is 10.4 Å². The van der Waals surface area contributed by atoms with Gasteiger partial charge in [-0.2, -0.15) is 0 Å². The van der Waals surface area contributed by atoms with Crippen LogP contribution in [-0.4, -0.2) is 28.9 Å². The number of Topliss-reactive ketones (excluding diaryl/α,β-unsaturated/α-hetero) is 1. The van der Waals surface area contributed by atoms with E-state index in [9.17, 15) is 14.7 Å². The average molecular weight is 333 g/mol. The first-order valence-corrected chi connectivity index (χ1v) is 9.76. The van der Waals surface area contributed by atoms with E-state index in [1.165, 1.54) is 0 Å². The van der Waals surface area contributed by atoms with Gasteiger partial charge in [-0.3, -0.25) is 9.59 Å². The van der Waals surface area contributed by atoms with Crippen LogP contribution in [-0.2, 0) is 9.59 Å². The Balaban J connectivity index is 1.67. The number of ketones is 1. The van der Waals surface area contributed by atoms with Crippen molar-refractivity contribution in [1.29, 1.82) is 0 Å². The highest BCUT2D eigenvalue weighted by Gasteiger charge is 2.62. The Morgan fingerprint density at radius 1 is 1.08 bits per heavy atom. The molecule has 8 atom stereocenters. The first kappa shape index (κ1) is 16.6. The topological polar surface area (TPSA) is 66.4 Å². The fourth-order valence-corrected chi connectivity index (χ4v) is 7.17. The molecule has 3 saturated carbocycles. The number of aliphatic hydroxyl groups is 1. The Labute approximate surface area is 144 Å². The second-order valence-corrected chi connectivity index (χ2v) is 9.52. The van der Waals surface area contributed by atoms with Crippen molar-refractivity contribution in [2.45, 2.75) is 77.9 Å². The van der Waals surface area contributed by atoms with Gasteiger partial charge in [-0.1, -0.05) is 13.8 Å². The lowest BCUT2D eigenvalue weighted by Crippen LogP contribution is -2.66. The van der Waals surface area contributed by atoms with Gasteiger partial charge in [-0.05, 0) is 74.5 Å². The number of aliphatic hydroxyl groups excluding tert-OH is 1. The van der Waals surface area contributed by atoms with E-state index in [-0.39, 0.29) is 40.7 Å². The SMILES string of the molecule is CC(=O)[C@H]1CC[C@H]2[C@H]3NC(=O)[C@H]4C[C@@H](O)CC[C@]4(C)[C@H]3CC[C@]12C. The molecule has 1 saturated heterocycles. The molecule has 4 rings (SSSR count). The van der Waals surface area contributed by atoms with E-state index >= 15 is 0 Å². The first-order chi connectivity index (χ1) is 11.3. The molecule has 0 bridgehead atoms. The Kier molecular flexibility index (Phi) is 3.66. The monoisotopic (exact) mass is 333 g/mol. The van der Waals surface area contributed by atoms with Crippen molar-refractivity contribution in [3.05, 3.63) is 0 Å². The molecule has 0 spiro atoms. The summed E-state index contributed by atoms with van der Waals surface area (Å²) in [7, 11) is 0. The zero-order valence-corrected chi connectivity index (χ0v) is 15.2. The summed E-state index contributed by atoms with van der Waals surface area (Å²) >= 11 is 0. The minimum absolute atomic E-state index is 0.0157. The Hall–Kier alpha value is -0.900. The van der Waals surface area contributed by atoms with Crippen molar-refractivity contribution >= 4 is 11.7 Å². The number of carbonyl (C=O) groups excluding carboxylic acids is 2. The molecule has 0 radical (unpaired) electrons. The van der Waals surface area contributed by atoms with Gasteiger partial charge in [0, 0.05) is 17.9 Å². The van der Waals surface area contributed by atoms with Crippen LogP contribution in [0.5, 0.6) is 0 Å². The number of nitrogens with one attached hydrogen (secondary N) is 1. The van der Waals surface area contributed by atoms with Crippen LogP contribution in [0.2, 0.25) is 0 Å². The molecule has 0 aromatic heterocycles. The van der Waals surface area contributed by atoms with Crippen LogP contribution in [0.15, 0.2) is 0 Å². The number of hydrogen-bond acceptors (Lipinski definition) is 3. The molecule has 1 aliphatic heterocycles. The number of rotatable bonds is 1. The van der Waals surface area contributed by atoms with E-state index in [1.54, 1.807) is 6.92 Å². The van der Waals surface area contributed by atoms with E-state index < -0.39 is 0 Å². The molecule has 4 fully saturated rings. The zero-order chi connectivity index (χ0) is 17.3. The standard InChI is InChI=1S/C20H31NO3/c1-11(22)13-4-5-14-17-15(7-9-19(13,14)2)20(3)8-6-12(23)10-16(20)18(24)21-17/h12-17,23H,4-10H2,1-3H3,(H,21,24)/t12-,13+,14-,15-,16+,17+,19+,20+/m0/s1. The van der Waals surface area contributed by atoms with E-state index in [0.717, 1.165) is 38.5 Å². The van der Waals surface area contributed by atoms with Gasteiger partial charge in [-0.15, -0.1) is 0 Å². The molecular formula is C20H31NO3. The molecule has 0 aromatic rings. The molecule has 0 unspecified atom stereocenters. The average Bonchev–Trinajstić information content (AvgIpc) is 2.87. The minimum Gasteiger partial charge on any atom is -0.393 e. The second-order valence-electron chi connectivity index (χ2n) is 9.52. The minimum atomic E-state index is -0.326. The highest BCUT2D eigenvalue weighted by molar-refractivity contribution is 5.82. The molecule has 1 heterocycles. The lowest BCUT2D eigenvalue weighted by atomic mass is 9.48. The lowest BCUT2D eigenvalue weighted by molar-refractivity contribution is -0.156. The maximum absolute atomic E-state index is 12.9. The number of carbonyl (C=O) groups is 2. The maximum atomic E-state index is 12.9. The van der Waals surface area contributed by atoms with E-state index in [2.05, 4.69) is 19.2 Å². The Bertz CT molecular complexity index is 575. The van der Waals surface area contributed by atoms with Crippen molar-refractivity contribution in [1.82, 2.24) is 5.32 Å². The normalized spacial score (nSPS) is 53.6. The molecule has 4 aliphatic rings. The van der Waals surface area contributed by atoms with E-state index in [4.69, 9.17) is 0 Å². The van der Waals surface area contributed by atoms with Crippen LogP contribution in [0.1, 0.15) is 65.7 Å². The molecule has 3 aliphatic carbocycles.